The maximum absolute atomic E-state index is 8.70. The molecule has 1 heterocycles. The summed E-state index contributed by atoms with van der Waals surface area (Å²) in [4.78, 5) is 4.09. The van der Waals surface area contributed by atoms with Crippen LogP contribution < -0.4 is 5.32 Å². The van der Waals surface area contributed by atoms with Gasteiger partial charge in [0.2, 0.25) is 0 Å². The van der Waals surface area contributed by atoms with Gasteiger partial charge in [-0.1, -0.05) is 29.8 Å². The topological polar surface area (TPSA) is 48.7 Å². The van der Waals surface area contributed by atoms with Crippen molar-refractivity contribution in [3.8, 4) is 6.07 Å². The molecule has 0 fully saturated rings. The lowest BCUT2D eigenvalue weighted by Crippen LogP contribution is -1.93. The van der Waals surface area contributed by atoms with Crippen molar-refractivity contribution in [3.05, 3.63) is 53.2 Å². The number of aromatic nitrogens is 1. The van der Waals surface area contributed by atoms with E-state index in [2.05, 4.69) is 10.3 Å². The summed E-state index contributed by atoms with van der Waals surface area (Å²) in [5.74, 6) is 0.621. The second-order valence-corrected chi connectivity index (χ2v) is 3.56. The minimum absolute atomic E-state index is 0.375. The summed E-state index contributed by atoms with van der Waals surface area (Å²) in [7, 11) is 0. The minimum atomic E-state index is 0.375. The summed E-state index contributed by atoms with van der Waals surface area (Å²) < 4.78 is 0. The van der Waals surface area contributed by atoms with Crippen LogP contribution in [0.3, 0.4) is 0 Å². The van der Waals surface area contributed by atoms with Gasteiger partial charge in [-0.05, 0) is 12.1 Å². The van der Waals surface area contributed by atoms with E-state index in [1.165, 1.54) is 6.20 Å². The quantitative estimate of drug-likeness (QED) is 0.859. The summed E-state index contributed by atoms with van der Waals surface area (Å²) in [5, 5.41) is 12.2. The van der Waals surface area contributed by atoms with Gasteiger partial charge in [0.1, 0.15) is 11.9 Å². The summed E-state index contributed by atoms with van der Waals surface area (Å²) in [6.07, 6.45) is 1.45. The molecular formula is C12H8ClN3. The summed E-state index contributed by atoms with van der Waals surface area (Å²) in [6.45, 7) is 0. The first-order chi connectivity index (χ1) is 7.79. The molecule has 4 heteroatoms. The van der Waals surface area contributed by atoms with E-state index in [1.807, 2.05) is 36.4 Å². The number of nitriles is 1. The lowest BCUT2D eigenvalue weighted by atomic mass is 10.3. The standard InChI is InChI=1S/C12H8ClN3/c13-11-6-12(15-8-9(11)7-14)16-10-4-2-1-3-5-10/h1-6,8H,(H,15,16). The molecule has 0 aliphatic heterocycles. The number of benzene rings is 1. The van der Waals surface area contributed by atoms with Gasteiger partial charge in [0.05, 0.1) is 10.6 Å². The predicted molar refractivity (Wildman–Crippen MR) is 63.7 cm³/mol. The van der Waals surface area contributed by atoms with Gasteiger partial charge in [-0.25, -0.2) is 4.98 Å². The highest BCUT2D eigenvalue weighted by atomic mass is 35.5. The lowest BCUT2D eigenvalue weighted by molar-refractivity contribution is 1.29. The van der Waals surface area contributed by atoms with Gasteiger partial charge in [0.25, 0.3) is 0 Å². The van der Waals surface area contributed by atoms with Crippen LogP contribution in [0.25, 0.3) is 0 Å². The average molecular weight is 230 g/mol. The number of anilines is 2. The molecule has 0 amide bonds. The zero-order valence-electron chi connectivity index (χ0n) is 8.31. The molecule has 0 bridgehead atoms. The van der Waals surface area contributed by atoms with E-state index < -0.39 is 0 Å². The zero-order chi connectivity index (χ0) is 11.4. The van der Waals surface area contributed by atoms with Gasteiger partial charge in [0, 0.05) is 18.0 Å². The molecule has 0 aliphatic carbocycles. The fourth-order valence-corrected chi connectivity index (χ4v) is 1.45. The number of nitrogens with one attached hydrogen (secondary N) is 1. The number of rotatable bonds is 2. The number of nitrogens with zero attached hydrogens (tertiary/aromatic N) is 2. The summed E-state index contributed by atoms with van der Waals surface area (Å²) >= 11 is 5.89. The number of halogens is 1. The van der Waals surface area contributed by atoms with E-state index >= 15 is 0 Å². The highest BCUT2D eigenvalue weighted by molar-refractivity contribution is 6.31. The SMILES string of the molecule is N#Cc1cnc(Nc2ccccc2)cc1Cl. The third-order valence-corrected chi connectivity index (χ3v) is 2.33. The fourth-order valence-electron chi connectivity index (χ4n) is 1.25. The Bertz CT molecular complexity index is 532. The van der Waals surface area contributed by atoms with Crippen LogP contribution in [0.4, 0.5) is 11.5 Å². The highest BCUT2D eigenvalue weighted by Crippen LogP contribution is 2.20. The van der Waals surface area contributed by atoms with Crippen molar-refractivity contribution >= 4 is 23.1 Å². The van der Waals surface area contributed by atoms with E-state index in [9.17, 15) is 0 Å². The van der Waals surface area contributed by atoms with E-state index in [4.69, 9.17) is 16.9 Å². The van der Waals surface area contributed by atoms with Gasteiger partial charge in [-0.2, -0.15) is 5.26 Å². The third-order valence-electron chi connectivity index (χ3n) is 2.02. The Hall–Kier alpha value is -2.05. The van der Waals surface area contributed by atoms with Crippen LogP contribution in [0.15, 0.2) is 42.6 Å². The van der Waals surface area contributed by atoms with E-state index in [1.54, 1.807) is 6.07 Å². The van der Waals surface area contributed by atoms with Crippen molar-refractivity contribution in [2.24, 2.45) is 0 Å². The Labute approximate surface area is 98.3 Å². The van der Waals surface area contributed by atoms with Crippen molar-refractivity contribution in [1.29, 1.82) is 5.26 Å². The van der Waals surface area contributed by atoms with Crippen LogP contribution in [0.1, 0.15) is 5.56 Å². The normalized spacial score (nSPS) is 9.50. The van der Waals surface area contributed by atoms with Crippen molar-refractivity contribution in [3.63, 3.8) is 0 Å². The second kappa shape index (κ2) is 4.65. The Morgan fingerprint density at radius 1 is 1.25 bits per heavy atom. The van der Waals surface area contributed by atoms with Crippen molar-refractivity contribution < 1.29 is 0 Å². The molecular weight excluding hydrogens is 222 g/mol. The van der Waals surface area contributed by atoms with Gasteiger partial charge in [0.15, 0.2) is 0 Å². The predicted octanol–water partition coefficient (Wildman–Crippen LogP) is 3.35. The van der Waals surface area contributed by atoms with Crippen LogP contribution in [0.2, 0.25) is 5.02 Å². The maximum Gasteiger partial charge on any atom is 0.131 e. The van der Waals surface area contributed by atoms with E-state index in [-0.39, 0.29) is 0 Å². The zero-order valence-corrected chi connectivity index (χ0v) is 9.07. The smallest absolute Gasteiger partial charge is 0.131 e. The Morgan fingerprint density at radius 2 is 2.00 bits per heavy atom. The summed E-state index contributed by atoms with van der Waals surface area (Å²) in [6, 6.07) is 13.2. The molecule has 78 valence electrons. The Kier molecular flexibility index (Phi) is 3.04. The number of para-hydroxylation sites is 1. The molecule has 2 rings (SSSR count). The Balaban J connectivity index is 2.24. The first-order valence-electron chi connectivity index (χ1n) is 4.67. The average Bonchev–Trinajstić information content (AvgIpc) is 2.31. The van der Waals surface area contributed by atoms with Crippen molar-refractivity contribution in [2.75, 3.05) is 5.32 Å². The van der Waals surface area contributed by atoms with E-state index in [0.717, 1.165) is 5.69 Å². The molecule has 0 aliphatic rings. The maximum atomic E-state index is 8.70. The molecule has 0 saturated heterocycles. The molecule has 0 radical (unpaired) electrons. The third kappa shape index (κ3) is 2.30. The number of pyridine rings is 1. The first kappa shape index (κ1) is 10.5. The molecule has 0 unspecified atom stereocenters. The second-order valence-electron chi connectivity index (χ2n) is 3.15. The Morgan fingerprint density at radius 3 is 2.62 bits per heavy atom. The van der Waals surface area contributed by atoms with Gasteiger partial charge in [-0.15, -0.1) is 0 Å². The monoisotopic (exact) mass is 229 g/mol. The van der Waals surface area contributed by atoms with Gasteiger partial charge >= 0.3 is 0 Å². The van der Waals surface area contributed by atoms with Crippen LogP contribution in [-0.4, -0.2) is 4.98 Å². The molecule has 2 aromatic rings. The molecule has 0 spiro atoms. The minimum Gasteiger partial charge on any atom is -0.340 e. The molecule has 16 heavy (non-hydrogen) atoms. The van der Waals surface area contributed by atoms with Crippen LogP contribution in [0.5, 0.6) is 0 Å². The molecule has 0 saturated carbocycles. The lowest BCUT2D eigenvalue weighted by Gasteiger charge is -2.05. The van der Waals surface area contributed by atoms with Crippen LogP contribution in [0, 0.1) is 11.3 Å². The fraction of sp³-hybridized carbons (Fsp3) is 0. The highest BCUT2D eigenvalue weighted by Gasteiger charge is 2.02. The van der Waals surface area contributed by atoms with E-state index in [0.29, 0.717) is 16.4 Å². The number of hydrogen-bond acceptors (Lipinski definition) is 3. The van der Waals surface area contributed by atoms with Crippen molar-refractivity contribution in [2.45, 2.75) is 0 Å². The number of hydrogen-bond donors (Lipinski definition) is 1. The molecule has 1 aromatic carbocycles. The largest absolute Gasteiger partial charge is 0.340 e. The summed E-state index contributed by atoms with van der Waals surface area (Å²) in [5.41, 5.74) is 1.30. The molecule has 1 N–H and O–H groups in total. The van der Waals surface area contributed by atoms with Crippen LogP contribution >= 0.6 is 11.6 Å². The van der Waals surface area contributed by atoms with Crippen molar-refractivity contribution in [1.82, 2.24) is 4.98 Å². The molecule has 0 atom stereocenters. The van der Waals surface area contributed by atoms with Gasteiger partial charge in [-0.3, -0.25) is 0 Å². The van der Waals surface area contributed by atoms with Crippen LogP contribution in [-0.2, 0) is 0 Å². The van der Waals surface area contributed by atoms with Gasteiger partial charge < -0.3 is 5.32 Å². The molecule has 3 nitrogen and oxygen atoms in total. The molecule has 1 aromatic heterocycles. The first-order valence-corrected chi connectivity index (χ1v) is 5.05.